The SMILES string of the molecule is Cc1ccccc1OCC(=O)Nc1cccc(OCC2CCCO2)c1. The number of nitrogens with one attached hydrogen (secondary N) is 1. The summed E-state index contributed by atoms with van der Waals surface area (Å²) in [6, 6.07) is 15.0. The van der Waals surface area contributed by atoms with Crippen LogP contribution in [0, 0.1) is 6.92 Å². The normalized spacial score (nSPS) is 16.4. The number of aryl methyl sites for hydroxylation is 1. The van der Waals surface area contributed by atoms with Gasteiger partial charge in [-0.15, -0.1) is 0 Å². The van der Waals surface area contributed by atoms with Gasteiger partial charge in [0.15, 0.2) is 6.61 Å². The predicted octanol–water partition coefficient (Wildman–Crippen LogP) is 3.57. The summed E-state index contributed by atoms with van der Waals surface area (Å²) in [5, 5.41) is 2.82. The van der Waals surface area contributed by atoms with Gasteiger partial charge in [0.25, 0.3) is 5.91 Å². The fourth-order valence-electron chi connectivity index (χ4n) is 2.69. The second-order valence-corrected chi connectivity index (χ2v) is 6.08. The van der Waals surface area contributed by atoms with Crippen molar-refractivity contribution in [2.24, 2.45) is 0 Å². The zero-order chi connectivity index (χ0) is 17.5. The minimum absolute atomic E-state index is 0.0359. The molecule has 0 aliphatic carbocycles. The molecule has 0 radical (unpaired) electrons. The molecule has 3 rings (SSSR count). The van der Waals surface area contributed by atoms with Crippen LogP contribution in [-0.2, 0) is 9.53 Å². The van der Waals surface area contributed by atoms with Crippen molar-refractivity contribution < 1.29 is 19.0 Å². The van der Waals surface area contributed by atoms with Gasteiger partial charge in [0, 0.05) is 18.4 Å². The van der Waals surface area contributed by atoms with Crippen molar-refractivity contribution >= 4 is 11.6 Å². The van der Waals surface area contributed by atoms with Gasteiger partial charge in [-0.3, -0.25) is 4.79 Å². The van der Waals surface area contributed by atoms with E-state index in [1.807, 2.05) is 49.4 Å². The fraction of sp³-hybridized carbons (Fsp3) is 0.350. The molecule has 25 heavy (non-hydrogen) atoms. The average molecular weight is 341 g/mol. The Morgan fingerprint density at radius 3 is 2.88 bits per heavy atom. The molecule has 0 aromatic heterocycles. The zero-order valence-corrected chi connectivity index (χ0v) is 14.4. The van der Waals surface area contributed by atoms with Crippen LogP contribution < -0.4 is 14.8 Å². The molecule has 1 aliphatic heterocycles. The van der Waals surface area contributed by atoms with Crippen molar-refractivity contribution in [1.82, 2.24) is 0 Å². The number of ether oxygens (including phenoxy) is 3. The van der Waals surface area contributed by atoms with Crippen molar-refractivity contribution in [2.75, 3.05) is 25.1 Å². The lowest BCUT2D eigenvalue weighted by Gasteiger charge is -2.13. The molecule has 1 N–H and O–H groups in total. The van der Waals surface area contributed by atoms with Crippen molar-refractivity contribution in [3.63, 3.8) is 0 Å². The lowest BCUT2D eigenvalue weighted by atomic mass is 10.2. The number of hydrogen-bond donors (Lipinski definition) is 1. The first-order valence-electron chi connectivity index (χ1n) is 8.53. The highest BCUT2D eigenvalue weighted by atomic mass is 16.5. The van der Waals surface area contributed by atoms with Crippen molar-refractivity contribution in [3.05, 3.63) is 54.1 Å². The van der Waals surface area contributed by atoms with Gasteiger partial charge in [-0.05, 0) is 43.5 Å². The van der Waals surface area contributed by atoms with Crippen LogP contribution in [-0.4, -0.2) is 31.8 Å². The number of rotatable bonds is 7. The monoisotopic (exact) mass is 341 g/mol. The van der Waals surface area contributed by atoms with Gasteiger partial charge < -0.3 is 19.5 Å². The summed E-state index contributed by atoms with van der Waals surface area (Å²) in [5.41, 5.74) is 1.68. The third kappa shape index (κ3) is 5.22. The second-order valence-electron chi connectivity index (χ2n) is 6.08. The molecule has 5 nitrogen and oxygen atoms in total. The minimum atomic E-state index is -0.209. The quantitative estimate of drug-likeness (QED) is 0.836. The largest absolute Gasteiger partial charge is 0.491 e. The Morgan fingerprint density at radius 1 is 1.20 bits per heavy atom. The molecule has 132 valence electrons. The number of hydrogen-bond acceptors (Lipinski definition) is 4. The molecule has 1 amide bonds. The number of amides is 1. The molecule has 1 aliphatic rings. The summed E-state index contributed by atoms with van der Waals surface area (Å²) in [6.45, 7) is 3.26. The number of carbonyl (C=O) groups is 1. The fourth-order valence-corrected chi connectivity index (χ4v) is 2.69. The van der Waals surface area contributed by atoms with E-state index in [1.165, 1.54) is 0 Å². The number of carbonyl (C=O) groups excluding carboxylic acids is 1. The third-order valence-electron chi connectivity index (χ3n) is 4.03. The van der Waals surface area contributed by atoms with Gasteiger partial charge in [0.05, 0.1) is 6.10 Å². The van der Waals surface area contributed by atoms with E-state index in [9.17, 15) is 4.79 Å². The molecule has 2 aromatic rings. The van der Waals surface area contributed by atoms with E-state index in [0.29, 0.717) is 23.8 Å². The maximum atomic E-state index is 12.1. The van der Waals surface area contributed by atoms with Crippen LogP contribution in [0.2, 0.25) is 0 Å². The molecule has 0 bridgehead atoms. The first kappa shape index (κ1) is 17.3. The predicted molar refractivity (Wildman–Crippen MR) is 96.2 cm³/mol. The van der Waals surface area contributed by atoms with Crippen LogP contribution >= 0.6 is 0 Å². The first-order chi connectivity index (χ1) is 12.2. The number of para-hydroxylation sites is 1. The summed E-state index contributed by atoms with van der Waals surface area (Å²) in [6.07, 6.45) is 2.29. The lowest BCUT2D eigenvalue weighted by Crippen LogP contribution is -2.20. The van der Waals surface area contributed by atoms with Crippen LogP contribution in [0.25, 0.3) is 0 Å². The van der Waals surface area contributed by atoms with Crippen LogP contribution in [0.3, 0.4) is 0 Å². The molecule has 0 saturated carbocycles. The van der Waals surface area contributed by atoms with Crippen molar-refractivity contribution in [3.8, 4) is 11.5 Å². The summed E-state index contributed by atoms with van der Waals surface area (Å²) in [7, 11) is 0. The summed E-state index contributed by atoms with van der Waals surface area (Å²) in [5.74, 6) is 1.22. The summed E-state index contributed by atoms with van der Waals surface area (Å²) < 4.78 is 16.8. The van der Waals surface area contributed by atoms with Crippen molar-refractivity contribution in [2.45, 2.75) is 25.9 Å². The summed E-state index contributed by atoms with van der Waals surface area (Å²) >= 11 is 0. The molecule has 2 aromatic carbocycles. The van der Waals surface area contributed by atoms with Gasteiger partial charge in [0.1, 0.15) is 18.1 Å². The van der Waals surface area contributed by atoms with Gasteiger partial charge in [-0.2, -0.15) is 0 Å². The third-order valence-corrected chi connectivity index (χ3v) is 4.03. The first-order valence-corrected chi connectivity index (χ1v) is 8.53. The Labute approximate surface area is 147 Å². The average Bonchev–Trinajstić information content (AvgIpc) is 3.13. The van der Waals surface area contributed by atoms with Crippen LogP contribution in [0.15, 0.2) is 48.5 Å². The molecular weight excluding hydrogens is 318 g/mol. The molecule has 1 heterocycles. The maximum Gasteiger partial charge on any atom is 0.262 e. The van der Waals surface area contributed by atoms with E-state index in [4.69, 9.17) is 14.2 Å². The van der Waals surface area contributed by atoms with Gasteiger partial charge >= 0.3 is 0 Å². The van der Waals surface area contributed by atoms with E-state index in [1.54, 1.807) is 6.07 Å². The Balaban J connectivity index is 1.49. The van der Waals surface area contributed by atoms with E-state index >= 15 is 0 Å². The Kier molecular flexibility index (Phi) is 5.90. The molecule has 1 saturated heterocycles. The molecule has 1 unspecified atom stereocenters. The van der Waals surface area contributed by atoms with E-state index in [2.05, 4.69) is 5.32 Å². The Bertz CT molecular complexity index is 710. The van der Waals surface area contributed by atoms with Gasteiger partial charge in [0.2, 0.25) is 0 Å². The molecule has 0 spiro atoms. The molecule has 1 fully saturated rings. The Hall–Kier alpha value is -2.53. The van der Waals surface area contributed by atoms with E-state index in [-0.39, 0.29) is 18.6 Å². The standard InChI is InChI=1S/C20H23NO4/c1-15-6-2-3-10-19(15)25-14-20(22)21-16-7-4-8-17(12-16)24-13-18-9-5-11-23-18/h2-4,6-8,10,12,18H,5,9,11,13-14H2,1H3,(H,21,22). The maximum absolute atomic E-state index is 12.1. The lowest BCUT2D eigenvalue weighted by molar-refractivity contribution is -0.118. The zero-order valence-electron chi connectivity index (χ0n) is 14.4. The highest BCUT2D eigenvalue weighted by Gasteiger charge is 2.16. The van der Waals surface area contributed by atoms with Crippen molar-refractivity contribution in [1.29, 1.82) is 0 Å². The highest BCUT2D eigenvalue weighted by molar-refractivity contribution is 5.92. The Morgan fingerprint density at radius 2 is 2.08 bits per heavy atom. The van der Waals surface area contributed by atoms with Gasteiger partial charge in [-0.25, -0.2) is 0 Å². The smallest absolute Gasteiger partial charge is 0.262 e. The van der Waals surface area contributed by atoms with Gasteiger partial charge in [-0.1, -0.05) is 24.3 Å². The number of benzene rings is 2. The molecule has 5 heteroatoms. The van der Waals surface area contributed by atoms with Crippen LogP contribution in [0.1, 0.15) is 18.4 Å². The van der Waals surface area contributed by atoms with E-state index in [0.717, 1.165) is 25.0 Å². The van der Waals surface area contributed by atoms with E-state index < -0.39 is 0 Å². The summed E-state index contributed by atoms with van der Waals surface area (Å²) in [4.78, 5) is 12.1. The van der Waals surface area contributed by atoms with Crippen LogP contribution in [0.5, 0.6) is 11.5 Å². The molecular formula is C20H23NO4. The minimum Gasteiger partial charge on any atom is -0.491 e. The highest BCUT2D eigenvalue weighted by Crippen LogP contribution is 2.20. The number of anilines is 1. The second kappa shape index (κ2) is 8.53. The topological polar surface area (TPSA) is 56.8 Å². The van der Waals surface area contributed by atoms with Crippen LogP contribution in [0.4, 0.5) is 5.69 Å². The molecule has 1 atom stereocenters.